The molecule has 3 rings (SSSR count). The quantitative estimate of drug-likeness (QED) is 0.902. The van der Waals surface area contributed by atoms with E-state index in [2.05, 4.69) is 10.2 Å². The summed E-state index contributed by atoms with van der Waals surface area (Å²) in [4.78, 5) is 14.6. The van der Waals surface area contributed by atoms with Crippen molar-refractivity contribution in [2.24, 2.45) is 5.41 Å². The van der Waals surface area contributed by atoms with Gasteiger partial charge in [0.05, 0.1) is 12.7 Å². The largest absolute Gasteiger partial charge is 0.371 e. The number of hydrogen-bond acceptors (Lipinski definition) is 3. The number of morpholine rings is 1. The minimum absolute atomic E-state index is 0.0839. The zero-order valence-corrected chi connectivity index (χ0v) is 14.8. The molecular weight excluding hydrogens is 312 g/mol. The van der Waals surface area contributed by atoms with Gasteiger partial charge in [0.2, 0.25) is 5.91 Å². The van der Waals surface area contributed by atoms with Gasteiger partial charge in [-0.1, -0.05) is 44.5 Å². The van der Waals surface area contributed by atoms with Gasteiger partial charge in [-0.2, -0.15) is 0 Å². The molecule has 0 aromatic heterocycles. The molecule has 0 spiro atoms. The van der Waals surface area contributed by atoms with Crippen LogP contribution in [0, 0.1) is 5.41 Å². The van der Waals surface area contributed by atoms with E-state index in [1.165, 1.54) is 0 Å². The van der Waals surface area contributed by atoms with E-state index in [9.17, 15) is 4.79 Å². The first-order chi connectivity index (χ1) is 10.8. The minimum Gasteiger partial charge on any atom is -0.371 e. The zero-order chi connectivity index (χ0) is 16.6. The summed E-state index contributed by atoms with van der Waals surface area (Å²) in [5.41, 5.74) is 0.820. The molecule has 2 saturated heterocycles. The molecule has 1 N–H and O–H groups in total. The number of halogens is 1. The first kappa shape index (κ1) is 16.7. The molecule has 0 aliphatic carbocycles. The number of fused-ring (bicyclic) bond motifs is 1. The van der Waals surface area contributed by atoms with Crippen LogP contribution in [0.15, 0.2) is 24.3 Å². The number of nitrogens with one attached hydrogen (secondary N) is 1. The molecule has 0 radical (unpaired) electrons. The van der Waals surface area contributed by atoms with E-state index in [4.69, 9.17) is 16.3 Å². The molecule has 0 bridgehead atoms. The zero-order valence-electron chi connectivity index (χ0n) is 14.0. The molecule has 0 saturated carbocycles. The maximum atomic E-state index is 12.2. The molecule has 4 nitrogen and oxygen atoms in total. The Bertz CT molecular complexity index is 567. The van der Waals surface area contributed by atoms with Gasteiger partial charge < -0.3 is 10.1 Å². The van der Waals surface area contributed by atoms with E-state index in [1.807, 2.05) is 45.0 Å². The molecule has 1 aromatic carbocycles. The van der Waals surface area contributed by atoms with Crippen LogP contribution in [0.2, 0.25) is 5.02 Å². The van der Waals surface area contributed by atoms with Crippen molar-refractivity contribution in [1.29, 1.82) is 0 Å². The SMILES string of the molecule is CC(C)(C)C(=O)N[C@@H]1C[C@H]2CO[C@@H](c3ccc(Cl)cc3)CN2C1. The van der Waals surface area contributed by atoms with Gasteiger partial charge in [0.25, 0.3) is 0 Å². The van der Waals surface area contributed by atoms with Crippen molar-refractivity contribution < 1.29 is 9.53 Å². The standard InChI is InChI=1S/C18H25ClN2O2/c1-18(2,3)17(22)20-14-8-15-11-23-16(10-21(15)9-14)12-4-6-13(19)7-5-12/h4-7,14-16H,8-11H2,1-3H3,(H,20,22)/t14-,15+,16-/m1/s1. The third-order valence-corrected chi connectivity index (χ3v) is 4.93. The molecule has 1 amide bonds. The fourth-order valence-electron chi connectivity index (χ4n) is 3.26. The summed E-state index contributed by atoms with van der Waals surface area (Å²) in [5.74, 6) is 0.123. The predicted octanol–water partition coefficient (Wildman–Crippen LogP) is 3.02. The number of ether oxygens (including phenoxy) is 1. The second-order valence-corrected chi connectivity index (χ2v) is 8.07. The lowest BCUT2D eigenvalue weighted by Gasteiger charge is -2.35. The van der Waals surface area contributed by atoms with Crippen molar-refractivity contribution in [1.82, 2.24) is 10.2 Å². The molecule has 126 valence electrons. The van der Waals surface area contributed by atoms with E-state index in [0.29, 0.717) is 6.04 Å². The van der Waals surface area contributed by atoms with E-state index in [1.54, 1.807) is 0 Å². The maximum absolute atomic E-state index is 12.2. The molecule has 2 aliphatic rings. The summed E-state index contributed by atoms with van der Waals surface area (Å²) in [5, 5.41) is 3.93. The summed E-state index contributed by atoms with van der Waals surface area (Å²) < 4.78 is 6.04. The van der Waals surface area contributed by atoms with Gasteiger partial charge in [-0.15, -0.1) is 0 Å². The van der Waals surface area contributed by atoms with Gasteiger partial charge in [0.15, 0.2) is 0 Å². The van der Waals surface area contributed by atoms with Crippen LogP contribution in [0.25, 0.3) is 0 Å². The second kappa shape index (κ2) is 6.42. The fourth-order valence-corrected chi connectivity index (χ4v) is 3.39. The van der Waals surface area contributed by atoms with Gasteiger partial charge >= 0.3 is 0 Å². The summed E-state index contributed by atoms with van der Waals surface area (Å²) in [6.07, 6.45) is 1.05. The Kier molecular flexibility index (Phi) is 4.68. The lowest BCUT2D eigenvalue weighted by atomic mass is 9.95. The van der Waals surface area contributed by atoms with E-state index < -0.39 is 0 Å². The molecule has 0 unspecified atom stereocenters. The van der Waals surface area contributed by atoms with Crippen molar-refractivity contribution in [3.8, 4) is 0 Å². The Morgan fingerprint density at radius 1 is 1.26 bits per heavy atom. The Labute approximate surface area is 143 Å². The van der Waals surface area contributed by atoms with E-state index >= 15 is 0 Å². The smallest absolute Gasteiger partial charge is 0.225 e. The third-order valence-electron chi connectivity index (χ3n) is 4.68. The highest BCUT2D eigenvalue weighted by molar-refractivity contribution is 6.30. The average Bonchev–Trinajstić information content (AvgIpc) is 2.88. The highest BCUT2D eigenvalue weighted by Gasteiger charge is 2.39. The van der Waals surface area contributed by atoms with Crippen molar-refractivity contribution >= 4 is 17.5 Å². The molecule has 2 fully saturated rings. The predicted molar refractivity (Wildman–Crippen MR) is 91.5 cm³/mol. The Balaban J connectivity index is 1.59. The lowest BCUT2D eigenvalue weighted by Crippen LogP contribution is -2.44. The van der Waals surface area contributed by atoms with Crippen molar-refractivity contribution in [3.05, 3.63) is 34.9 Å². The molecular formula is C18H25ClN2O2. The van der Waals surface area contributed by atoms with Crippen molar-refractivity contribution in [2.45, 2.75) is 45.4 Å². The van der Waals surface area contributed by atoms with Gasteiger partial charge in [-0.05, 0) is 24.1 Å². The first-order valence-electron chi connectivity index (χ1n) is 8.25. The third kappa shape index (κ3) is 3.87. The number of nitrogens with zero attached hydrogens (tertiary/aromatic N) is 1. The highest BCUT2D eigenvalue weighted by atomic mass is 35.5. The molecule has 2 aliphatic heterocycles. The van der Waals surface area contributed by atoms with Crippen LogP contribution in [0.3, 0.4) is 0 Å². The number of carbonyl (C=O) groups excluding carboxylic acids is 1. The molecule has 5 heteroatoms. The van der Waals surface area contributed by atoms with Crippen molar-refractivity contribution in [3.63, 3.8) is 0 Å². The monoisotopic (exact) mass is 336 g/mol. The van der Waals surface area contributed by atoms with E-state index in [0.717, 1.165) is 36.7 Å². The normalized spacial score (nSPS) is 28.4. The van der Waals surface area contributed by atoms with Gasteiger partial charge in [-0.3, -0.25) is 9.69 Å². The Morgan fingerprint density at radius 3 is 2.61 bits per heavy atom. The topological polar surface area (TPSA) is 41.6 Å². The average molecular weight is 337 g/mol. The fraction of sp³-hybridized carbons (Fsp3) is 0.611. The minimum atomic E-state index is -0.342. The Morgan fingerprint density at radius 2 is 1.96 bits per heavy atom. The highest BCUT2D eigenvalue weighted by Crippen LogP contribution is 2.31. The summed E-state index contributed by atoms with van der Waals surface area (Å²) in [6.45, 7) is 8.34. The van der Waals surface area contributed by atoms with Gasteiger partial charge in [-0.25, -0.2) is 0 Å². The van der Waals surface area contributed by atoms with Gasteiger partial charge in [0, 0.05) is 35.6 Å². The number of amides is 1. The Hall–Kier alpha value is -1.10. The van der Waals surface area contributed by atoms with E-state index in [-0.39, 0.29) is 23.5 Å². The number of hydrogen-bond donors (Lipinski definition) is 1. The van der Waals surface area contributed by atoms with Crippen LogP contribution in [0.1, 0.15) is 38.9 Å². The van der Waals surface area contributed by atoms with Crippen molar-refractivity contribution in [2.75, 3.05) is 19.7 Å². The summed E-state index contributed by atoms with van der Waals surface area (Å²) >= 11 is 5.95. The number of rotatable bonds is 2. The maximum Gasteiger partial charge on any atom is 0.225 e. The van der Waals surface area contributed by atoms with Crippen LogP contribution in [-0.4, -0.2) is 42.6 Å². The van der Waals surface area contributed by atoms with Crippen LogP contribution >= 0.6 is 11.6 Å². The first-order valence-corrected chi connectivity index (χ1v) is 8.63. The number of benzene rings is 1. The molecule has 23 heavy (non-hydrogen) atoms. The van der Waals surface area contributed by atoms with Crippen LogP contribution in [0.4, 0.5) is 0 Å². The van der Waals surface area contributed by atoms with Crippen LogP contribution < -0.4 is 5.32 Å². The molecule has 3 atom stereocenters. The summed E-state index contributed by atoms with van der Waals surface area (Å²) in [6, 6.07) is 8.50. The number of carbonyl (C=O) groups is 1. The lowest BCUT2D eigenvalue weighted by molar-refractivity contribution is -0.129. The van der Waals surface area contributed by atoms with Crippen LogP contribution in [0.5, 0.6) is 0 Å². The summed E-state index contributed by atoms with van der Waals surface area (Å²) in [7, 11) is 0. The van der Waals surface area contributed by atoms with Crippen LogP contribution in [-0.2, 0) is 9.53 Å². The molecule has 2 heterocycles. The second-order valence-electron chi connectivity index (χ2n) is 7.64. The molecule has 1 aromatic rings. The van der Waals surface area contributed by atoms with Gasteiger partial charge in [0.1, 0.15) is 0 Å².